The zero-order valence-electron chi connectivity index (χ0n) is 20.7. The molecule has 3 aromatic rings. The van der Waals surface area contributed by atoms with Crippen LogP contribution in [0.1, 0.15) is 41.3 Å². The van der Waals surface area contributed by atoms with E-state index in [9.17, 15) is 14.4 Å². The van der Waals surface area contributed by atoms with Crippen LogP contribution in [0, 0.1) is 5.41 Å². The van der Waals surface area contributed by atoms with E-state index in [2.05, 4.69) is 5.32 Å². The van der Waals surface area contributed by atoms with Crippen LogP contribution in [0.5, 0.6) is 11.6 Å². The van der Waals surface area contributed by atoms with Crippen molar-refractivity contribution in [1.82, 2.24) is 15.2 Å². The number of rotatable bonds is 4. The van der Waals surface area contributed by atoms with Crippen molar-refractivity contribution >= 4 is 17.8 Å². The number of carbonyl (C=O) groups is 3. The largest absolute Gasteiger partial charge is 0.438 e. The molecule has 0 saturated carbocycles. The minimum atomic E-state index is -1.03. The van der Waals surface area contributed by atoms with Gasteiger partial charge in [0.2, 0.25) is 11.8 Å². The van der Waals surface area contributed by atoms with Crippen molar-refractivity contribution in [2.24, 2.45) is 11.1 Å². The van der Waals surface area contributed by atoms with Gasteiger partial charge in [0, 0.05) is 41.3 Å². The third-order valence-electron chi connectivity index (χ3n) is 6.91. The quantitative estimate of drug-likeness (QED) is 0.563. The average molecular weight is 501 g/mol. The van der Waals surface area contributed by atoms with Gasteiger partial charge < -0.3 is 20.1 Å². The number of imide groups is 1. The maximum atomic E-state index is 13.0. The highest BCUT2D eigenvalue weighted by Gasteiger charge is 2.44. The molecular formula is C28H28N4O5. The molecule has 2 aliphatic heterocycles. The molecule has 5 rings (SSSR count). The van der Waals surface area contributed by atoms with Crippen molar-refractivity contribution in [1.29, 1.82) is 0 Å². The normalized spacial score (nSPS) is 16.7. The van der Waals surface area contributed by atoms with E-state index in [0.717, 1.165) is 16.7 Å². The Morgan fingerprint density at radius 1 is 0.973 bits per heavy atom. The molecule has 1 atom stereocenters. The Balaban J connectivity index is 1.47. The molecule has 9 heteroatoms. The van der Waals surface area contributed by atoms with Gasteiger partial charge in [0.1, 0.15) is 5.75 Å². The van der Waals surface area contributed by atoms with Crippen LogP contribution < -0.4 is 15.8 Å². The molecule has 0 radical (unpaired) electrons. The van der Waals surface area contributed by atoms with Gasteiger partial charge in [-0.2, -0.15) is 0 Å². The van der Waals surface area contributed by atoms with Crippen LogP contribution in [0.25, 0.3) is 11.3 Å². The fourth-order valence-corrected chi connectivity index (χ4v) is 4.91. The van der Waals surface area contributed by atoms with E-state index in [1.807, 2.05) is 48.5 Å². The molecule has 0 bridgehead atoms. The van der Waals surface area contributed by atoms with Crippen LogP contribution in [0.15, 0.2) is 60.7 Å². The molecule has 1 fully saturated rings. The van der Waals surface area contributed by atoms with Crippen LogP contribution in [0.3, 0.4) is 0 Å². The van der Waals surface area contributed by atoms with Crippen LogP contribution >= 0.6 is 0 Å². The van der Waals surface area contributed by atoms with Crippen LogP contribution in [0.4, 0.5) is 4.79 Å². The lowest BCUT2D eigenvalue weighted by Gasteiger charge is -2.37. The molecule has 37 heavy (non-hydrogen) atoms. The summed E-state index contributed by atoms with van der Waals surface area (Å²) < 4.78 is 11.5. The number of morpholine rings is 1. The van der Waals surface area contributed by atoms with E-state index >= 15 is 0 Å². The highest BCUT2D eigenvalue weighted by molar-refractivity contribution is 5.97. The number of pyridine rings is 1. The number of carbonyl (C=O) groups excluding carboxylic acids is 3. The molecule has 2 aromatic carbocycles. The summed E-state index contributed by atoms with van der Waals surface area (Å²) in [5.41, 5.74) is 7.84. The van der Waals surface area contributed by atoms with Crippen LogP contribution in [-0.4, -0.2) is 54.0 Å². The van der Waals surface area contributed by atoms with Crippen LogP contribution in [0.2, 0.25) is 0 Å². The van der Waals surface area contributed by atoms with Gasteiger partial charge in [0.05, 0.1) is 24.3 Å². The summed E-state index contributed by atoms with van der Waals surface area (Å²) in [7, 11) is 0. The van der Waals surface area contributed by atoms with Crippen molar-refractivity contribution < 1.29 is 23.9 Å². The summed E-state index contributed by atoms with van der Waals surface area (Å²) in [6.07, 6.45) is 0. The molecule has 1 aromatic heterocycles. The smallest absolute Gasteiger partial charge is 0.318 e. The third-order valence-corrected chi connectivity index (χ3v) is 6.91. The van der Waals surface area contributed by atoms with Gasteiger partial charge in [-0.15, -0.1) is 0 Å². The summed E-state index contributed by atoms with van der Waals surface area (Å²) in [5, 5.41) is 2.22. The number of hydrogen-bond acceptors (Lipinski definition) is 6. The van der Waals surface area contributed by atoms with E-state index in [-0.39, 0.29) is 5.91 Å². The number of amides is 4. The Morgan fingerprint density at radius 3 is 2.38 bits per heavy atom. The Morgan fingerprint density at radius 2 is 1.68 bits per heavy atom. The number of ether oxygens (including phenoxy) is 2. The van der Waals surface area contributed by atoms with Gasteiger partial charge in [-0.1, -0.05) is 50.2 Å². The standard InChI is InChI=1S/C28H28N4O5/c1-28(2,26(34)31-27(29)35)23-19-5-3-4-6-22(19)37-24-20(23)11-12-21(30-24)17-7-9-18(10-8-17)25(33)32-13-15-36-16-14-32/h3-12,23H,13-16H2,1-2H3,(H3,29,31,34,35). The molecule has 1 saturated heterocycles. The Labute approximate surface area is 214 Å². The fourth-order valence-electron chi connectivity index (χ4n) is 4.91. The lowest BCUT2D eigenvalue weighted by molar-refractivity contribution is -0.128. The van der Waals surface area contributed by atoms with Crippen molar-refractivity contribution in [3.05, 3.63) is 77.4 Å². The molecule has 4 amide bonds. The Bertz CT molecular complexity index is 1360. The van der Waals surface area contributed by atoms with E-state index in [4.69, 9.17) is 20.2 Å². The molecule has 9 nitrogen and oxygen atoms in total. The number of fused-ring (bicyclic) bond motifs is 2. The highest BCUT2D eigenvalue weighted by Crippen LogP contribution is 2.51. The fraction of sp³-hybridized carbons (Fsp3) is 0.286. The maximum absolute atomic E-state index is 13.0. The Kier molecular flexibility index (Phi) is 6.39. The number of primary amides is 1. The number of hydrogen-bond donors (Lipinski definition) is 2. The summed E-state index contributed by atoms with van der Waals surface area (Å²) in [6.45, 7) is 5.79. The van der Waals surface area contributed by atoms with E-state index in [1.54, 1.807) is 30.9 Å². The van der Waals surface area contributed by atoms with Crippen molar-refractivity contribution in [2.75, 3.05) is 26.3 Å². The number of aromatic nitrogens is 1. The van der Waals surface area contributed by atoms with Gasteiger partial charge in [0.25, 0.3) is 5.91 Å². The SMILES string of the molecule is CC(C)(C(=O)NC(N)=O)C1c2ccccc2Oc2nc(-c3ccc(C(=O)N4CCOCC4)cc3)ccc21. The van der Waals surface area contributed by atoms with E-state index < -0.39 is 23.3 Å². The molecule has 0 aliphatic carbocycles. The molecule has 0 spiro atoms. The van der Waals surface area contributed by atoms with Crippen molar-refractivity contribution in [3.8, 4) is 22.9 Å². The lowest BCUT2D eigenvalue weighted by Crippen LogP contribution is -2.46. The number of nitrogens with zero attached hydrogens (tertiary/aromatic N) is 2. The van der Waals surface area contributed by atoms with Gasteiger partial charge in [-0.25, -0.2) is 9.78 Å². The van der Waals surface area contributed by atoms with E-state index in [1.165, 1.54) is 0 Å². The average Bonchev–Trinajstić information content (AvgIpc) is 2.91. The molecule has 190 valence electrons. The van der Waals surface area contributed by atoms with Crippen molar-refractivity contribution in [3.63, 3.8) is 0 Å². The topological polar surface area (TPSA) is 124 Å². The van der Waals surface area contributed by atoms with Gasteiger partial charge in [-0.3, -0.25) is 14.9 Å². The molecule has 2 aliphatic rings. The molecule has 3 heterocycles. The summed E-state index contributed by atoms with van der Waals surface area (Å²) in [5.74, 6) is 0.0392. The number of urea groups is 1. The zero-order chi connectivity index (χ0) is 26.2. The number of para-hydroxylation sites is 1. The lowest BCUT2D eigenvalue weighted by atomic mass is 9.69. The molecule has 1 unspecified atom stereocenters. The first-order valence-corrected chi connectivity index (χ1v) is 12.1. The Hall–Kier alpha value is -4.24. The van der Waals surface area contributed by atoms with Gasteiger partial charge >= 0.3 is 6.03 Å². The van der Waals surface area contributed by atoms with Gasteiger partial charge in [-0.05, 0) is 24.3 Å². The third kappa shape index (κ3) is 4.65. The molecule has 3 N–H and O–H groups in total. The first kappa shape index (κ1) is 24.5. The van der Waals surface area contributed by atoms with Crippen molar-refractivity contribution in [2.45, 2.75) is 19.8 Å². The van der Waals surface area contributed by atoms with E-state index in [0.29, 0.717) is 49.2 Å². The number of nitrogens with two attached hydrogens (primary N) is 1. The number of nitrogens with one attached hydrogen (secondary N) is 1. The maximum Gasteiger partial charge on any atom is 0.318 e. The van der Waals surface area contributed by atoms with Gasteiger partial charge in [0.15, 0.2) is 0 Å². The monoisotopic (exact) mass is 500 g/mol. The predicted octanol–water partition coefficient (Wildman–Crippen LogP) is 3.68. The zero-order valence-corrected chi connectivity index (χ0v) is 20.7. The summed E-state index contributed by atoms with van der Waals surface area (Å²) in [6, 6.07) is 17.6. The minimum absolute atomic E-state index is 0.0208. The second-order valence-electron chi connectivity index (χ2n) is 9.69. The summed E-state index contributed by atoms with van der Waals surface area (Å²) in [4.78, 5) is 43.7. The highest BCUT2D eigenvalue weighted by atomic mass is 16.5. The van der Waals surface area contributed by atoms with Crippen LogP contribution in [-0.2, 0) is 9.53 Å². The predicted molar refractivity (Wildman–Crippen MR) is 136 cm³/mol. The first-order chi connectivity index (χ1) is 17.8. The second-order valence-corrected chi connectivity index (χ2v) is 9.69. The first-order valence-electron chi connectivity index (χ1n) is 12.1. The minimum Gasteiger partial charge on any atom is -0.438 e. The second kappa shape index (κ2) is 9.67. The summed E-state index contributed by atoms with van der Waals surface area (Å²) >= 11 is 0. The number of benzene rings is 2. The molecular weight excluding hydrogens is 472 g/mol.